The van der Waals surface area contributed by atoms with E-state index in [9.17, 15) is 14.1 Å². The van der Waals surface area contributed by atoms with Crippen LogP contribution in [0.3, 0.4) is 0 Å². The molecule has 1 spiro atoms. The van der Waals surface area contributed by atoms with Crippen molar-refractivity contribution < 1.29 is 18.8 Å². The van der Waals surface area contributed by atoms with Gasteiger partial charge in [-0.1, -0.05) is 24.6 Å². The third-order valence-corrected chi connectivity index (χ3v) is 13.4. The zero-order valence-corrected chi connectivity index (χ0v) is 27.2. The molecular weight excluding hydrogens is 582 g/mol. The van der Waals surface area contributed by atoms with Gasteiger partial charge in [-0.3, -0.25) is 9.52 Å². The second-order valence-corrected chi connectivity index (χ2v) is 16.5. The van der Waals surface area contributed by atoms with Gasteiger partial charge in [0.15, 0.2) is 0 Å². The Balaban J connectivity index is 1.42. The fraction of sp³-hybridized carbons (Fsp3) is 0.588. The predicted molar refractivity (Wildman–Crippen MR) is 176 cm³/mol. The zero-order valence-electron chi connectivity index (χ0n) is 25.6. The van der Waals surface area contributed by atoms with Crippen LogP contribution in [0.4, 0.5) is 5.69 Å². The highest BCUT2D eigenvalue weighted by molar-refractivity contribution is 7.99. The Morgan fingerprint density at radius 2 is 2.00 bits per heavy atom. The van der Waals surface area contributed by atoms with Crippen LogP contribution in [0.15, 0.2) is 36.4 Å². The van der Waals surface area contributed by atoms with Crippen LogP contribution < -0.4 is 19.7 Å². The monoisotopic (exact) mass is 627 g/mol. The Morgan fingerprint density at radius 1 is 1.19 bits per heavy atom. The highest BCUT2D eigenvalue weighted by atomic mass is 35.5. The van der Waals surface area contributed by atoms with Crippen molar-refractivity contribution in [1.82, 2.24) is 10.0 Å². The van der Waals surface area contributed by atoms with Gasteiger partial charge in [-0.15, -0.1) is 0 Å². The first kappa shape index (κ1) is 30.8. The predicted octanol–water partition coefficient (Wildman–Crippen LogP) is 4.97. The molecule has 2 aromatic rings. The van der Waals surface area contributed by atoms with E-state index in [4.69, 9.17) is 16.3 Å². The molecule has 1 amide bonds. The van der Waals surface area contributed by atoms with Crippen molar-refractivity contribution in [1.29, 1.82) is 0 Å². The van der Waals surface area contributed by atoms with Gasteiger partial charge in [-0.2, -0.15) is 0 Å². The number of amides is 1. The number of aryl methyl sites for hydroxylation is 1. The lowest BCUT2D eigenvalue weighted by atomic mass is 9.68. The van der Waals surface area contributed by atoms with Crippen molar-refractivity contribution in [2.45, 2.75) is 81.6 Å². The summed E-state index contributed by atoms with van der Waals surface area (Å²) < 4.78 is 23.2. The lowest BCUT2D eigenvalue weighted by molar-refractivity contribution is 0.00355. The summed E-state index contributed by atoms with van der Waals surface area (Å²) in [6.45, 7) is 6.02. The van der Waals surface area contributed by atoms with Crippen molar-refractivity contribution >= 4 is 38.8 Å². The lowest BCUT2D eigenvalue weighted by Crippen LogP contribution is -2.50. The van der Waals surface area contributed by atoms with E-state index in [-0.39, 0.29) is 34.4 Å². The molecule has 8 atom stereocenters. The average molecular weight is 628 g/mol. The number of ether oxygens (including phenoxy) is 1. The minimum Gasteiger partial charge on any atom is -0.490 e. The molecule has 2 aromatic carbocycles. The van der Waals surface area contributed by atoms with Gasteiger partial charge in [-0.25, -0.2) is 4.21 Å². The number of aliphatic hydroxyl groups is 1. The molecule has 9 heteroatoms. The van der Waals surface area contributed by atoms with Gasteiger partial charge in [0.1, 0.15) is 5.75 Å². The van der Waals surface area contributed by atoms with Crippen LogP contribution in [0.25, 0.3) is 0 Å². The number of nitrogens with zero attached hydrogens (tertiary/aromatic N) is 1. The van der Waals surface area contributed by atoms with E-state index in [1.807, 2.05) is 32.2 Å². The quantitative estimate of drug-likeness (QED) is 0.387. The number of carbonyl (C=O) groups excluding carboxylic acids is 1. The van der Waals surface area contributed by atoms with Gasteiger partial charge in [0, 0.05) is 40.4 Å². The Kier molecular flexibility index (Phi) is 8.52. The van der Waals surface area contributed by atoms with Crippen molar-refractivity contribution in [3.8, 4) is 5.75 Å². The highest BCUT2D eigenvalue weighted by Crippen LogP contribution is 2.47. The Labute approximate surface area is 261 Å². The maximum absolute atomic E-state index is 13.8. The number of aliphatic hydroxyl groups excluding tert-OH is 1. The molecule has 6 rings (SSSR count). The molecule has 1 saturated carbocycles. The second-order valence-electron chi connectivity index (χ2n) is 13.7. The van der Waals surface area contributed by atoms with Crippen LogP contribution in [-0.2, 0) is 21.5 Å². The molecule has 2 bridgehead atoms. The fourth-order valence-corrected chi connectivity index (χ4v) is 9.66. The summed E-state index contributed by atoms with van der Waals surface area (Å²) >= 11 is 6.42. The van der Waals surface area contributed by atoms with Crippen LogP contribution in [0.2, 0.25) is 5.02 Å². The zero-order chi connectivity index (χ0) is 30.5. The molecule has 234 valence electrons. The third kappa shape index (κ3) is 5.92. The van der Waals surface area contributed by atoms with E-state index in [0.29, 0.717) is 24.5 Å². The van der Waals surface area contributed by atoms with Gasteiger partial charge in [0.05, 0.1) is 28.1 Å². The molecule has 0 aromatic heterocycles. The van der Waals surface area contributed by atoms with Gasteiger partial charge in [0.2, 0.25) is 0 Å². The molecule has 7 nitrogen and oxygen atoms in total. The number of fused-ring (bicyclic) bond motifs is 4. The standard InChI is InChI=1S/C34H46ClN3O4S/c1-21-14-27(36-3)17-31(39)28-10-7-25(28)18-38-19-34(13-5-6-23-15-26(35)9-11-29(23)34)20-42-32-12-8-24(16-30(32)38)33(40)37-43(4,41)22(21)2/h8-9,11-12,15-16,21-22,25,27-28,31,36,39H,4-7,10,13-14,17-20H2,1-3H3,(H,37,40,41)/t21-,22+,25-,27-,28+,31-,34-,43?/m0/s1. The summed E-state index contributed by atoms with van der Waals surface area (Å²) in [5.41, 5.74) is 3.68. The summed E-state index contributed by atoms with van der Waals surface area (Å²) in [7, 11) is -1.01. The third-order valence-electron chi connectivity index (χ3n) is 11.0. The summed E-state index contributed by atoms with van der Waals surface area (Å²) in [6, 6.07) is 11.9. The average Bonchev–Trinajstić information content (AvgIpc) is 3.10. The molecule has 1 unspecified atom stereocenters. The van der Waals surface area contributed by atoms with Crippen molar-refractivity contribution in [3.63, 3.8) is 0 Å². The summed E-state index contributed by atoms with van der Waals surface area (Å²) in [6.07, 6.45) is 6.08. The number of halogens is 1. The topological polar surface area (TPSA) is 90.9 Å². The van der Waals surface area contributed by atoms with E-state index in [2.05, 4.69) is 39.9 Å². The molecule has 2 aliphatic carbocycles. The van der Waals surface area contributed by atoms with Crippen LogP contribution >= 0.6 is 11.6 Å². The first-order valence-electron chi connectivity index (χ1n) is 15.8. The summed E-state index contributed by atoms with van der Waals surface area (Å²) in [4.78, 5) is 16.0. The fourth-order valence-electron chi connectivity index (χ4n) is 7.99. The normalized spacial score (nSPS) is 36.4. The number of hydrogen-bond donors (Lipinski definition) is 3. The van der Waals surface area contributed by atoms with E-state index in [1.54, 1.807) is 6.07 Å². The highest BCUT2D eigenvalue weighted by Gasteiger charge is 2.44. The Bertz CT molecular complexity index is 1480. The van der Waals surface area contributed by atoms with E-state index >= 15 is 0 Å². The molecule has 3 N–H and O–H groups in total. The molecule has 2 heterocycles. The van der Waals surface area contributed by atoms with Crippen molar-refractivity contribution in [3.05, 3.63) is 58.1 Å². The van der Waals surface area contributed by atoms with Crippen molar-refractivity contribution in [2.75, 3.05) is 31.6 Å². The minimum atomic E-state index is -2.94. The maximum Gasteiger partial charge on any atom is 0.262 e. The van der Waals surface area contributed by atoms with E-state index < -0.39 is 15.8 Å². The van der Waals surface area contributed by atoms with Gasteiger partial charge in [0.25, 0.3) is 5.91 Å². The molecule has 43 heavy (non-hydrogen) atoms. The van der Waals surface area contributed by atoms with Gasteiger partial charge < -0.3 is 20.1 Å². The Morgan fingerprint density at radius 3 is 2.74 bits per heavy atom. The lowest BCUT2D eigenvalue weighted by Gasteiger charge is -2.46. The molecular formula is C34H46ClN3O4S. The van der Waals surface area contributed by atoms with Crippen LogP contribution in [0, 0.1) is 17.8 Å². The van der Waals surface area contributed by atoms with Crippen LogP contribution in [0.1, 0.15) is 73.9 Å². The number of carbonyl (C=O) groups is 1. The largest absolute Gasteiger partial charge is 0.490 e. The molecule has 2 aliphatic heterocycles. The SMILES string of the molecule is C=S1(=O)NC(=O)c2ccc3c(c2)N(C[C@@H]2CC[C@H]2[C@@H](O)C[C@@H](NC)C[C@H](C)[C@H]1C)C[C@@]1(CCCc2cc(Cl)ccc21)CO3. The second kappa shape index (κ2) is 11.9. The molecule has 0 radical (unpaired) electrons. The van der Waals surface area contributed by atoms with Crippen LogP contribution in [0.5, 0.6) is 5.75 Å². The smallest absolute Gasteiger partial charge is 0.262 e. The molecule has 4 aliphatic rings. The van der Waals surface area contributed by atoms with Gasteiger partial charge >= 0.3 is 0 Å². The summed E-state index contributed by atoms with van der Waals surface area (Å²) in [5.74, 6) is 4.93. The first-order valence-corrected chi connectivity index (χ1v) is 18.0. The molecule has 0 saturated heterocycles. The van der Waals surface area contributed by atoms with Gasteiger partial charge in [-0.05, 0) is 124 Å². The number of nitrogens with one attached hydrogen (secondary N) is 2. The van der Waals surface area contributed by atoms with E-state index in [0.717, 1.165) is 68.1 Å². The first-order chi connectivity index (χ1) is 20.5. The van der Waals surface area contributed by atoms with Crippen LogP contribution in [-0.4, -0.2) is 65.2 Å². The summed E-state index contributed by atoms with van der Waals surface area (Å²) in [5, 5.41) is 15.3. The minimum absolute atomic E-state index is 0.0282. The number of hydrogen-bond acceptors (Lipinski definition) is 6. The number of benzene rings is 2. The maximum atomic E-state index is 13.8. The number of anilines is 1. The van der Waals surface area contributed by atoms with Crippen molar-refractivity contribution in [2.24, 2.45) is 17.8 Å². The number of rotatable bonds is 1. The van der Waals surface area contributed by atoms with E-state index in [1.165, 1.54) is 11.1 Å². The molecule has 1 fully saturated rings. The Hall–Kier alpha value is -2.26.